The lowest BCUT2D eigenvalue weighted by atomic mass is 9.79. The lowest BCUT2D eigenvalue weighted by Crippen LogP contribution is -2.40. The molecule has 0 bridgehead atoms. The minimum absolute atomic E-state index is 0.109. The van der Waals surface area contributed by atoms with E-state index in [9.17, 15) is 9.90 Å². The summed E-state index contributed by atoms with van der Waals surface area (Å²) in [6.45, 7) is -0.250. The lowest BCUT2D eigenvalue weighted by molar-refractivity contribution is -0.122. The second-order valence-corrected chi connectivity index (χ2v) is 4.39. The van der Waals surface area contributed by atoms with E-state index >= 15 is 0 Å². The van der Waals surface area contributed by atoms with Crippen molar-refractivity contribution < 1.29 is 19.8 Å². The van der Waals surface area contributed by atoms with Gasteiger partial charge in [0.1, 0.15) is 5.60 Å². The zero-order chi connectivity index (χ0) is 13.4. The first kappa shape index (κ1) is 14.4. The van der Waals surface area contributed by atoms with Crippen molar-refractivity contribution in [3.63, 3.8) is 0 Å². The summed E-state index contributed by atoms with van der Waals surface area (Å²) in [7, 11) is 0. The third kappa shape index (κ3) is 3.67. The van der Waals surface area contributed by atoms with E-state index < -0.39 is 5.60 Å². The molecule has 4 nitrogen and oxygen atoms in total. The van der Waals surface area contributed by atoms with Gasteiger partial charge in [0.2, 0.25) is 0 Å². The van der Waals surface area contributed by atoms with Crippen LogP contribution >= 0.6 is 0 Å². The molecule has 1 aromatic rings. The van der Waals surface area contributed by atoms with Gasteiger partial charge in [-0.25, -0.2) is 0 Å². The van der Waals surface area contributed by atoms with Gasteiger partial charge >= 0.3 is 0 Å². The third-order valence-electron chi connectivity index (χ3n) is 3.14. The first-order chi connectivity index (χ1) is 8.64. The van der Waals surface area contributed by atoms with Gasteiger partial charge in [-0.1, -0.05) is 49.6 Å². The number of rotatable bonds is 2. The highest BCUT2D eigenvalue weighted by atomic mass is 16.3. The van der Waals surface area contributed by atoms with Crippen molar-refractivity contribution in [3.05, 3.63) is 35.9 Å². The molecule has 1 fully saturated rings. The van der Waals surface area contributed by atoms with Crippen LogP contribution in [-0.4, -0.2) is 28.1 Å². The van der Waals surface area contributed by atoms with Gasteiger partial charge in [-0.3, -0.25) is 9.59 Å². The van der Waals surface area contributed by atoms with Crippen LogP contribution in [-0.2, 0) is 4.79 Å². The molecule has 2 rings (SSSR count). The molecule has 0 heterocycles. The monoisotopic (exact) mass is 250 g/mol. The Balaban J connectivity index is 0.000000492. The molecule has 0 aromatic heterocycles. The Hall–Kier alpha value is -1.68. The largest absolute Gasteiger partial charge is 0.483 e. The third-order valence-corrected chi connectivity index (χ3v) is 3.14. The Bertz CT molecular complexity index is 380. The van der Waals surface area contributed by atoms with Crippen LogP contribution in [0.3, 0.4) is 0 Å². The number of Topliss-reactive ketones (excluding diaryl/α,β-unsaturated/α-hetero) is 1. The Morgan fingerprint density at radius 3 is 2.11 bits per heavy atom. The summed E-state index contributed by atoms with van der Waals surface area (Å²) in [6.07, 6.45) is 4.26. The van der Waals surface area contributed by atoms with Gasteiger partial charge < -0.3 is 10.2 Å². The predicted molar refractivity (Wildman–Crippen MR) is 67.5 cm³/mol. The van der Waals surface area contributed by atoms with Gasteiger partial charge in [-0.15, -0.1) is 0 Å². The molecule has 2 N–H and O–H groups in total. The summed E-state index contributed by atoms with van der Waals surface area (Å²) >= 11 is 0. The van der Waals surface area contributed by atoms with Crippen molar-refractivity contribution >= 4 is 12.3 Å². The van der Waals surface area contributed by atoms with Gasteiger partial charge in [0.25, 0.3) is 6.47 Å². The molecular formula is C14H18O4. The number of carboxylic acid groups (broad SMARTS) is 1. The van der Waals surface area contributed by atoms with E-state index in [0.29, 0.717) is 18.4 Å². The highest BCUT2D eigenvalue weighted by molar-refractivity contribution is 6.02. The number of hydrogen-bond donors (Lipinski definition) is 2. The summed E-state index contributed by atoms with van der Waals surface area (Å²) in [6, 6.07) is 9.09. The summed E-state index contributed by atoms with van der Waals surface area (Å²) in [5.41, 5.74) is -0.471. The van der Waals surface area contributed by atoms with Crippen molar-refractivity contribution in [2.45, 2.75) is 37.7 Å². The zero-order valence-electron chi connectivity index (χ0n) is 10.2. The maximum absolute atomic E-state index is 12.1. The van der Waals surface area contributed by atoms with E-state index in [0.717, 1.165) is 19.3 Å². The Morgan fingerprint density at radius 1 is 1.11 bits per heavy atom. The minimum Gasteiger partial charge on any atom is -0.483 e. The fraction of sp³-hybridized carbons (Fsp3) is 0.429. The van der Waals surface area contributed by atoms with E-state index in [1.165, 1.54) is 0 Å². The zero-order valence-corrected chi connectivity index (χ0v) is 10.2. The van der Waals surface area contributed by atoms with E-state index in [2.05, 4.69) is 0 Å². The summed E-state index contributed by atoms with van der Waals surface area (Å²) in [5.74, 6) is -0.109. The van der Waals surface area contributed by atoms with Crippen molar-refractivity contribution in [2.75, 3.05) is 0 Å². The molecule has 4 heteroatoms. The second kappa shape index (κ2) is 6.91. The fourth-order valence-corrected chi connectivity index (χ4v) is 2.22. The average Bonchev–Trinajstić information content (AvgIpc) is 2.41. The molecule has 0 saturated heterocycles. The number of ketones is 1. The van der Waals surface area contributed by atoms with E-state index in [1.807, 2.05) is 18.2 Å². The lowest BCUT2D eigenvalue weighted by Gasteiger charge is -2.30. The van der Waals surface area contributed by atoms with Crippen LogP contribution in [0.2, 0.25) is 0 Å². The molecule has 1 aliphatic rings. The quantitative estimate of drug-likeness (QED) is 0.623. The molecule has 0 spiro atoms. The molecule has 18 heavy (non-hydrogen) atoms. The van der Waals surface area contributed by atoms with E-state index in [4.69, 9.17) is 9.90 Å². The van der Waals surface area contributed by atoms with Crippen LogP contribution in [0.1, 0.15) is 42.5 Å². The molecule has 0 radical (unpaired) electrons. The maximum atomic E-state index is 12.1. The normalized spacial score (nSPS) is 17.2. The number of benzene rings is 1. The number of aliphatic hydroxyl groups is 1. The minimum atomic E-state index is -1.10. The first-order valence-corrected chi connectivity index (χ1v) is 6.04. The van der Waals surface area contributed by atoms with Crippen molar-refractivity contribution in [1.82, 2.24) is 0 Å². The first-order valence-electron chi connectivity index (χ1n) is 6.04. The topological polar surface area (TPSA) is 74.6 Å². The van der Waals surface area contributed by atoms with Crippen molar-refractivity contribution in [2.24, 2.45) is 0 Å². The molecule has 0 aliphatic heterocycles. The molecule has 0 unspecified atom stereocenters. The van der Waals surface area contributed by atoms with E-state index in [1.54, 1.807) is 12.1 Å². The SMILES string of the molecule is O=C(c1ccccc1)C1(O)CCCCC1.O=CO. The number of carbonyl (C=O) groups excluding carboxylic acids is 1. The van der Waals surface area contributed by atoms with Crippen LogP contribution in [0.4, 0.5) is 0 Å². The summed E-state index contributed by atoms with van der Waals surface area (Å²) < 4.78 is 0. The van der Waals surface area contributed by atoms with Crippen molar-refractivity contribution in [3.8, 4) is 0 Å². The van der Waals surface area contributed by atoms with E-state index in [-0.39, 0.29) is 12.3 Å². The maximum Gasteiger partial charge on any atom is 0.290 e. The molecule has 1 saturated carbocycles. The molecule has 0 amide bonds. The average molecular weight is 250 g/mol. The molecule has 0 atom stereocenters. The number of hydrogen-bond acceptors (Lipinski definition) is 3. The Morgan fingerprint density at radius 2 is 1.61 bits per heavy atom. The molecular weight excluding hydrogens is 232 g/mol. The summed E-state index contributed by atoms with van der Waals surface area (Å²) in [5, 5.41) is 17.1. The second-order valence-electron chi connectivity index (χ2n) is 4.39. The Labute approximate surface area is 106 Å². The number of carbonyl (C=O) groups is 2. The highest BCUT2D eigenvalue weighted by Crippen LogP contribution is 2.30. The van der Waals surface area contributed by atoms with Crippen LogP contribution in [0.25, 0.3) is 0 Å². The smallest absolute Gasteiger partial charge is 0.290 e. The molecule has 98 valence electrons. The fourth-order valence-electron chi connectivity index (χ4n) is 2.22. The predicted octanol–water partition coefficient (Wildman–Crippen LogP) is 2.27. The van der Waals surface area contributed by atoms with Crippen LogP contribution in [0, 0.1) is 0 Å². The standard InChI is InChI=1S/C13H16O2.CH2O2/c14-12(11-7-3-1-4-8-11)13(15)9-5-2-6-10-13;2-1-3/h1,3-4,7-8,15H,2,5-6,9-10H2;1H,(H,2,3). The molecule has 1 aromatic carbocycles. The van der Waals surface area contributed by atoms with Gasteiger partial charge in [-0.05, 0) is 12.8 Å². The van der Waals surface area contributed by atoms with Gasteiger partial charge in [0, 0.05) is 5.56 Å². The van der Waals surface area contributed by atoms with Gasteiger partial charge in [0.05, 0.1) is 0 Å². The Kier molecular flexibility index (Phi) is 5.52. The van der Waals surface area contributed by atoms with Crippen molar-refractivity contribution in [1.29, 1.82) is 0 Å². The van der Waals surface area contributed by atoms with Crippen LogP contribution in [0.5, 0.6) is 0 Å². The van der Waals surface area contributed by atoms with Crippen LogP contribution < -0.4 is 0 Å². The van der Waals surface area contributed by atoms with Gasteiger partial charge in [-0.2, -0.15) is 0 Å². The summed E-state index contributed by atoms with van der Waals surface area (Å²) in [4.78, 5) is 20.4. The highest BCUT2D eigenvalue weighted by Gasteiger charge is 2.37. The van der Waals surface area contributed by atoms with Crippen LogP contribution in [0.15, 0.2) is 30.3 Å². The molecule has 1 aliphatic carbocycles. The van der Waals surface area contributed by atoms with Gasteiger partial charge in [0.15, 0.2) is 5.78 Å².